The van der Waals surface area contributed by atoms with Crippen LogP contribution in [0, 0.1) is 0 Å². The smallest absolute Gasteiger partial charge is 0.203 e. The maximum atomic E-state index is 5.51. The van der Waals surface area contributed by atoms with E-state index in [9.17, 15) is 0 Å². The highest BCUT2D eigenvalue weighted by molar-refractivity contribution is 14.1. The summed E-state index contributed by atoms with van der Waals surface area (Å²) >= 11 is 3.86. The van der Waals surface area contributed by atoms with Crippen LogP contribution >= 0.6 is 33.9 Å². The molecule has 0 aliphatic carbocycles. The van der Waals surface area contributed by atoms with Crippen molar-refractivity contribution < 1.29 is 0 Å². The van der Waals surface area contributed by atoms with Gasteiger partial charge in [-0.25, -0.2) is 0 Å². The lowest BCUT2D eigenvalue weighted by Gasteiger charge is -2.19. The van der Waals surface area contributed by atoms with Crippen LogP contribution in [-0.2, 0) is 5.41 Å². The number of halogens is 1. The average molecular weight is 297 g/mol. The number of nitrogens with two attached hydrogens (primary N) is 1. The third-order valence-corrected chi connectivity index (χ3v) is 3.40. The number of nitrogen functional groups attached to an aromatic ring is 1. The predicted molar refractivity (Wildman–Crippen MR) is 60.9 cm³/mol. The minimum absolute atomic E-state index is 0.122. The second kappa shape index (κ2) is 3.87. The highest BCUT2D eigenvalue weighted by Gasteiger charge is 2.23. The summed E-state index contributed by atoms with van der Waals surface area (Å²) < 4.78 is 1.13. The van der Waals surface area contributed by atoms with Crippen LogP contribution in [0.3, 0.4) is 0 Å². The Bertz CT molecular complexity index is 259. The molecule has 2 N–H and O–H groups in total. The van der Waals surface area contributed by atoms with Crippen LogP contribution in [0.15, 0.2) is 0 Å². The van der Waals surface area contributed by atoms with Gasteiger partial charge < -0.3 is 5.73 Å². The molecule has 0 aliphatic rings. The summed E-state index contributed by atoms with van der Waals surface area (Å²) in [6.07, 6.45) is 1.11. The van der Waals surface area contributed by atoms with Crippen LogP contribution in [0.2, 0.25) is 0 Å². The first-order valence-electron chi connectivity index (χ1n) is 3.71. The molecule has 1 rings (SSSR count). The van der Waals surface area contributed by atoms with Crippen molar-refractivity contribution in [3.8, 4) is 0 Å². The number of nitrogens with zero attached hydrogens (tertiary/aromatic N) is 2. The molecule has 0 atom stereocenters. The third-order valence-electron chi connectivity index (χ3n) is 1.74. The van der Waals surface area contributed by atoms with Gasteiger partial charge in [-0.05, 0) is 6.42 Å². The number of hydrogen-bond acceptors (Lipinski definition) is 4. The van der Waals surface area contributed by atoms with Crippen LogP contribution in [0.4, 0.5) is 5.13 Å². The molecule has 0 saturated carbocycles. The van der Waals surface area contributed by atoms with Gasteiger partial charge in [0.05, 0.1) is 0 Å². The first-order chi connectivity index (χ1) is 5.56. The van der Waals surface area contributed by atoms with Crippen molar-refractivity contribution >= 4 is 39.1 Å². The quantitative estimate of drug-likeness (QED) is 0.687. The molecule has 0 unspecified atom stereocenters. The van der Waals surface area contributed by atoms with Crippen molar-refractivity contribution in [3.63, 3.8) is 0 Å². The largest absolute Gasteiger partial charge is 0.374 e. The van der Waals surface area contributed by atoms with Gasteiger partial charge in [0.2, 0.25) is 5.13 Å². The van der Waals surface area contributed by atoms with E-state index in [2.05, 4.69) is 46.6 Å². The van der Waals surface area contributed by atoms with Gasteiger partial charge in [-0.3, -0.25) is 0 Å². The Labute approximate surface area is 89.9 Å². The molecule has 1 heterocycles. The summed E-state index contributed by atoms with van der Waals surface area (Å²) in [6.45, 7) is 4.34. The molecule has 0 saturated heterocycles. The van der Waals surface area contributed by atoms with Crippen molar-refractivity contribution in [2.24, 2.45) is 0 Å². The Morgan fingerprint density at radius 3 is 2.58 bits per heavy atom. The average Bonchev–Trinajstić information content (AvgIpc) is 2.36. The van der Waals surface area contributed by atoms with E-state index < -0.39 is 0 Å². The monoisotopic (exact) mass is 297 g/mol. The molecule has 1 aromatic heterocycles. The van der Waals surface area contributed by atoms with Crippen molar-refractivity contribution in [2.45, 2.75) is 25.7 Å². The topological polar surface area (TPSA) is 51.8 Å². The van der Waals surface area contributed by atoms with Crippen molar-refractivity contribution in [2.75, 3.05) is 10.2 Å². The van der Waals surface area contributed by atoms with Gasteiger partial charge in [-0.2, -0.15) is 0 Å². The normalized spacial score (nSPS) is 11.9. The summed E-state index contributed by atoms with van der Waals surface area (Å²) in [6, 6.07) is 0. The van der Waals surface area contributed by atoms with Gasteiger partial charge in [-0.1, -0.05) is 47.8 Å². The van der Waals surface area contributed by atoms with Crippen molar-refractivity contribution in [1.82, 2.24) is 10.2 Å². The molecule has 0 amide bonds. The predicted octanol–water partition coefficient (Wildman–Crippen LogP) is 2.22. The maximum absolute atomic E-state index is 5.51. The Morgan fingerprint density at radius 2 is 2.17 bits per heavy atom. The van der Waals surface area contributed by atoms with Crippen molar-refractivity contribution in [1.29, 1.82) is 0 Å². The molecular weight excluding hydrogens is 285 g/mol. The van der Waals surface area contributed by atoms with Crippen LogP contribution in [0.1, 0.15) is 25.3 Å². The van der Waals surface area contributed by atoms with Gasteiger partial charge in [0.15, 0.2) is 0 Å². The molecule has 5 heteroatoms. The summed E-state index contributed by atoms with van der Waals surface area (Å²) in [5.74, 6) is 0. The molecule has 1 aromatic rings. The van der Waals surface area contributed by atoms with Crippen LogP contribution < -0.4 is 5.73 Å². The maximum Gasteiger partial charge on any atom is 0.203 e. The second-order valence-electron chi connectivity index (χ2n) is 3.27. The Hall–Kier alpha value is 0.0900. The van der Waals surface area contributed by atoms with E-state index in [1.54, 1.807) is 0 Å². The molecule has 3 nitrogen and oxygen atoms in total. The minimum Gasteiger partial charge on any atom is -0.374 e. The number of hydrogen-bond donors (Lipinski definition) is 1. The lowest BCUT2D eigenvalue weighted by atomic mass is 9.91. The Kier molecular flexibility index (Phi) is 3.28. The van der Waals surface area contributed by atoms with Gasteiger partial charge >= 0.3 is 0 Å². The van der Waals surface area contributed by atoms with E-state index in [1.165, 1.54) is 11.3 Å². The van der Waals surface area contributed by atoms with E-state index >= 15 is 0 Å². The second-order valence-corrected chi connectivity index (χ2v) is 5.36. The minimum atomic E-state index is 0.122. The fraction of sp³-hybridized carbons (Fsp3) is 0.714. The lowest BCUT2D eigenvalue weighted by molar-refractivity contribution is 0.506. The molecular formula is C7H12IN3S. The molecule has 0 aliphatic heterocycles. The summed E-state index contributed by atoms with van der Waals surface area (Å²) in [5.41, 5.74) is 5.64. The van der Waals surface area contributed by atoms with Gasteiger partial charge in [0, 0.05) is 9.84 Å². The SMILES string of the molecule is CC(C)(CCI)c1nnc(N)s1. The highest BCUT2D eigenvalue weighted by atomic mass is 127. The lowest BCUT2D eigenvalue weighted by Crippen LogP contribution is -2.17. The molecule has 68 valence electrons. The van der Waals surface area contributed by atoms with E-state index in [1.807, 2.05) is 0 Å². The number of anilines is 1. The number of alkyl halides is 1. The Morgan fingerprint density at radius 1 is 1.50 bits per heavy atom. The van der Waals surface area contributed by atoms with Crippen molar-refractivity contribution in [3.05, 3.63) is 5.01 Å². The zero-order chi connectivity index (χ0) is 9.19. The molecule has 12 heavy (non-hydrogen) atoms. The number of rotatable bonds is 3. The van der Waals surface area contributed by atoms with E-state index in [0.717, 1.165) is 15.9 Å². The standard InChI is InChI=1S/C7H12IN3S/c1-7(2,3-4-8)5-10-11-6(9)12-5/h3-4H2,1-2H3,(H2,9,11). The van der Waals surface area contributed by atoms with Gasteiger partial charge in [0.1, 0.15) is 5.01 Å². The Balaban J connectivity index is 2.81. The first-order valence-corrected chi connectivity index (χ1v) is 6.06. The third kappa shape index (κ3) is 2.29. The van der Waals surface area contributed by atoms with E-state index in [-0.39, 0.29) is 5.41 Å². The van der Waals surface area contributed by atoms with E-state index in [4.69, 9.17) is 5.73 Å². The summed E-state index contributed by atoms with van der Waals surface area (Å²) in [7, 11) is 0. The van der Waals surface area contributed by atoms with Crippen LogP contribution in [-0.4, -0.2) is 14.6 Å². The summed E-state index contributed by atoms with van der Waals surface area (Å²) in [4.78, 5) is 0. The van der Waals surface area contributed by atoms with Crippen LogP contribution in [0.5, 0.6) is 0 Å². The fourth-order valence-corrected chi connectivity index (χ4v) is 2.94. The molecule has 0 bridgehead atoms. The first kappa shape index (κ1) is 10.2. The highest BCUT2D eigenvalue weighted by Crippen LogP contribution is 2.30. The number of aromatic nitrogens is 2. The summed E-state index contributed by atoms with van der Waals surface area (Å²) in [5, 5.41) is 9.46. The molecule has 0 radical (unpaired) electrons. The van der Waals surface area contributed by atoms with Gasteiger partial charge in [0.25, 0.3) is 0 Å². The van der Waals surface area contributed by atoms with Crippen LogP contribution in [0.25, 0.3) is 0 Å². The van der Waals surface area contributed by atoms with E-state index in [0.29, 0.717) is 5.13 Å². The zero-order valence-corrected chi connectivity index (χ0v) is 10.1. The fourth-order valence-electron chi connectivity index (χ4n) is 0.851. The molecule has 0 aromatic carbocycles. The molecule has 0 fully saturated rings. The van der Waals surface area contributed by atoms with Gasteiger partial charge in [-0.15, -0.1) is 10.2 Å². The molecule has 0 spiro atoms. The zero-order valence-electron chi connectivity index (χ0n) is 7.17.